The van der Waals surface area contributed by atoms with E-state index in [9.17, 15) is 0 Å². The quantitative estimate of drug-likeness (QED) is 0.205. The number of anilines is 1. The first-order chi connectivity index (χ1) is 12.7. The zero-order valence-corrected chi connectivity index (χ0v) is 15.1. The summed E-state index contributed by atoms with van der Waals surface area (Å²) in [6.07, 6.45) is 9.89. The van der Waals surface area contributed by atoms with Gasteiger partial charge in [-0.2, -0.15) is 5.10 Å². The van der Waals surface area contributed by atoms with Gasteiger partial charge in [0.25, 0.3) is 0 Å². The molecule has 0 aliphatic carbocycles. The lowest BCUT2D eigenvalue weighted by molar-refractivity contribution is 1.18. The highest BCUT2D eigenvalue weighted by Crippen LogP contribution is 2.25. The van der Waals surface area contributed by atoms with Gasteiger partial charge in [0.15, 0.2) is 0 Å². The molecule has 0 radical (unpaired) electrons. The molecule has 2 rings (SSSR count). The average Bonchev–Trinajstić information content (AvgIpc) is 3.08. The number of nitrogens with one attached hydrogen (secondary N) is 1. The molecule has 0 bridgehead atoms. The number of allylic oxidation sites excluding steroid dienone is 5. The molecule has 0 fully saturated rings. The monoisotopic (exact) mass is 361 g/mol. The molecule has 130 valence electrons. The molecule has 1 heterocycles. The fourth-order valence-electron chi connectivity index (χ4n) is 1.89. The van der Waals surface area contributed by atoms with Gasteiger partial charge in [0, 0.05) is 5.57 Å². The van der Waals surface area contributed by atoms with Gasteiger partial charge in [0.05, 0.1) is 15.9 Å². The number of amidine groups is 1. The minimum atomic E-state index is 0.343. The van der Waals surface area contributed by atoms with Crippen LogP contribution in [0, 0.1) is 0 Å². The maximum absolute atomic E-state index is 4.48. The molecule has 1 N–H and O–H groups in total. The molecule has 0 amide bonds. The zero-order valence-electron chi connectivity index (χ0n) is 14.3. The van der Waals surface area contributed by atoms with E-state index >= 15 is 0 Å². The lowest BCUT2D eigenvalue weighted by Crippen LogP contribution is -2.01. The molecule has 1 aromatic heterocycles. The van der Waals surface area contributed by atoms with Crippen LogP contribution in [0.15, 0.2) is 114 Å². The minimum absolute atomic E-state index is 0.343. The highest BCUT2D eigenvalue weighted by atomic mass is 32.1. The second-order valence-electron chi connectivity index (χ2n) is 4.83. The first-order valence-corrected chi connectivity index (χ1v) is 8.55. The summed E-state index contributed by atoms with van der Waals surface area (Å²) in [5.74, 6) is 0.343. The number of hydrogen-bond donors (Lipinski definition) is 1. The van der Waals surface area contributed by atoms with Crippen LogP contribution in [-0.2, 0) is 0 Å². The lowest BCUT2D eigenvalue weighted by atomic mass is 10.2. The van der Waals surface area contributed by atoms with Gasteiger partial charge in [-0.15, -0.1) is 10.2 Å². The molecule has 0 saturated heterocycles. The summed E-state index contributed by atoms with van der Waals surface area (Å²) in [5.41, 5.74) is 5.07. The Morgan fingerprint density at radius 2 is 1.77 bits per heavy atom. The second kappa shape index (κ2) is 9.80. The number of azo groups is 1. The normalized spacial score (nSPS) is 13.0. The van der Waals surface area contributed by atoms with Crippen molar-refractivity contribution in [3.63, 3.8) is 0 Å². The minimum Gasteiger partial charge on any atom is -0.250 e. The molecule has 5 nitrogen and oxygen atoms in total. The number of hydrogen-bond acceptors (Lipinski definition) is 5. The number of hydrazone groups is 1. The van der Waals surface area contributed by atoms with E-state index < -0.39 is 0 Å². The van der Waals surface area contributed by atoms with Gasteiger partial charge < -0.3 is 0 Å². The van der Waals surface area contributed by atoms with Crippen molar-refractivity contribution in [2.45, 2.75) is 0 Å². The van der Waals surface area contributed by atoms with Crippen molar-refractivity contribution in [2.24, 2.45) is 15.3 Å². The van der Waals surface area contributed by atoms with Crippen LogP contribution >= 0.6 is 11.3 Å². The number of benzene rings is 1. The van der Waals surface area contributed by atoms with Crippen LogP contribution < -0.4 is 5.43 Å². The van der Waals surface area contributed by atoms with E-state index in [1.54, 1.807) is 36.5 Å². The van der Waals surface area contributed by atoms with Crippen LogP contribution in [0.3, 0.4) is 0 Å². The number of thiazole rings is 1. The van der Waals surface area contributed by atoms with Gasteiger partial charge in [-0.3, -0.25) is 5.43 Å². The van der Waals surface area contributed by atoms with Crippen LogP contribution in [0.5, 0.6) is 0 Å². The van der Waals surface area contributed by atoms with Crippen molar-refractivity contribution < 1.29 is 0 Å². The summed E-state index contributed by atoms with van der Waals surface area (Å²) in [4.78, 5) is 4.48. The second-order valence-corrected chi connectivity index (χ2v) is 5.86. The number of aromatic nitrogens is 1. The van der Waals surface area contributed by atoms with Gasteiger partial charge in [0.2, 0.25) is 11.0 Å². The molecule has 0 spiro atoms. The van der Waals surface area contributed by atoms with Crippen LogP contribution in [0.25, 0.3) is 10.2 Å². The Kier molecular flexibility index (Phi) is 7.15. The SMILES string of the molecule is C=C/C=C(C=C)/N=N/C(=N\Nc1nc2ccccc2s1)C(/C=C)=C/C=C. The van der Waals surface area contributed by atoms with Crippen LogP contribution in [0.2, 0.25) is 0 Å². The van der Waals surface area contributed by atoms with E-state index in [0.717, 1.165) is 10.2 Å². The third kappa shape index (κ3) is 5.06. The number of rotatable bonds is 8. The predicted octanol–water partition coefficient (Wildman–Crippen LogP) is 6.03. The Balaban J connectivity index is 2.35. The fourth-order valence-corrected chi connectivity index (χ4v) is 2.70. The predicted molar refractivity (Wildman–Crippen MR) is 112 cm³/mol. The lowest BCUT2D eigenvalue weighted by Gasteiger charge is -2.01. The first-order valence-electron chi connectivity index (χ1n) is 7.73. The van der Waals surface area contributed by atoms with Crippen LogP contribution in [0.4, 0.5) is 5.13 Å². The van der Waals surface area contributed by atoms with Crippen molar-refractivity contribution in [3.8, 4) is 0 Å². The Hall–Kier alpha value is -3.38. The Labute approximate surface area is 156 Å². The molecular formula is C20H19N5S. The van der Waals surface area contributed by atoms with Gasteiger partial charge in [-0.1, -0.05) is 74.1 Å². The van der Waals surface area contributed by atoms with E-state index in [0.29, 0.717) is 22.2 Å². The van der Waals surface area contributed by atoms with E-state index in [-0.39, 0.29) is 0 Å². The van der Waals surface area contributed by atoms with Crippen molar-refractivity contribution in [3.05, 3.63) is 98.3 Å². The molecule has 2 aromatic rings. The van der Waals surface area contributed by atoms with Gasteiger partial charge in [0.1, 0.15) is 0 Å². The van der Waals surface area contributed by atoms with Crippen molar-refractivity contribution in [2.75, 3.05) is 5.43 Å². The smallest absolute Gasteiger partial charge is 0.204 e. The van der Waals surface area contributed by atoms with Gasteiger partial charge in [-0.05, 0) is 24.3 Å². The molecule has 0 aliphatic heterocycles. The standard InChI is InChI=1S/C20H19N5S/c1-5-11-15(7-3)19(23-22-16(8-4)12-6-2)24-25-20-21-17-13-9-10-14-18(17)26-20/h5-14H,1-4H2,(H,21,25)/b15-11+,16-12+,23-22+,24-19-. The summed E-state index contributed by atoms with van der Waals surface area (Å²) in [6.45, 7) is 14.8. The molecule has 0 unspecified atom stereocenters. The summed E-state index contributed by atoms with van der Waals surface area (Å²) in [6, 6.07) is 7.87. The summed E-state index contributed by atoms with van der Waals surface area (Å²) < 4.78 is 1.07. The third-order valence-corrected chi connectivity index (χ3v) is 4.03. The Morgan fingerprint density at radius 1 is 1.00 bits per heavy atom. The van der Waals surface area contributed by atoms with Crippen molar-refractivity contribution in [1.82, 2.24) is 4.98 Å². The van der Waals surface area contributed by atoms with Crippen LogP contribution in [0.1, 0.15) is 0 Å². The van der Waals surface area contributed by atoms with E-state index in [2.05, 4.69) is 52.1 Å². The number of fused-ring (bicyclic) bond motifs is 1. The summed E-state index contributed by atoms with van der Waals surface area (Å²) >= 11 is 1.50. The van der Waals surface area contributed by atoms with Crippen molar-refractivity contribution in [1.29, 1.82) is 0 Å². The highest BCUT2D eigenvalue weighted by molar-refractivity contribution is 7.22. The maximum Gasteiger partial charge on any atom is 0.204 e. The summed E-state index contributed by atoms with van der Waals surface area (Å²) in [5, 5.41) is 13.3. The van der Waals surface area contributed by atoms with E-state index in [1.165, 1.54) is 11.3 Å². The van der Waals surface area contributed by atoms with Crippen molar-refractivity contribution >= 4 is 32.5 Å². The topological polar surface area (TPSA) is 62.0 Å². The molecule has 0 aliphatic rings. The molecule has 26 heavy (non-hydrogen) atoms. The maximum atomic E-state index is 4.48. The first kappa shape index (κ1) is 19.0. The van der Waals surface area contributed by atoms with Gasteiger partial charge in [-0.25, -0.2) is 4.98 Å². The zero-order chi connectivity index (χ0) is 18.8. The number of nitrogens with zero attached hydrogens (tertiary/aromatic N) is 4. The average molecular weight is 361 g/mol. The largest absolute Gasteiger partial charge is 0.250 e. The van der Waals surface area contributed by atoms with Crippen LogP contribution in [-0.4, -0.2) is 10.8 Å². The van der Waals surface area contributed by atoms with E-state index in [4.69, 9.17) is 0 Å². The number of para-hydroxylation sites is 1. The molecule has 6 heteroatoms. The Bertz CT molecular complexity index is 911. The summed E-state index contributed by atoms with van der Waals surface area (Å²) in [7, 11) is 0. The third-order valence-electron chi connectivity index (χ3n) is 3.08. The Morgan fingerprint density at radius 3 is 2.42 bits per heavy atom. The molecule has 0 saturated carbocycles. The molecular weight excluding hydrogens is 342 g/mol. The highest BCUT2D eigenvalue weighted by Gasteiger charge is 2.05. The molecule has 1 aromatic carbocycles. The van der Waals surface area contributed by atoms with Gasteiger partial charge >= 0.3 is 0 Å². The molecule has 0 atom stereocenters. The fraction of sp³-hybridized carbons (Fsp3) is 0. The van der Waals surface area contributed by atoms with E-state index in [1.807, 2.05) is 24.3 Å².